The molecule has 0 amide bonds. The Bertz CT molecular complexity index is 826. The van der Waals surface area contributed by atoms with E-state index < -0.39 is 11.6 Å². The second kappa shape index (κ2) is 6.49. The van der Waals surface area contributed by atoms with Gasteiger partial charge < -0.3 is 4.57 Å². The number of rotatable bonds is 3. The SMILES string of the molecule is Fc1ccc(C2c3cccn3CCCN2Cc2ccsc2)c(F)c1. The van der Waals surface area contributed by atoms with Gasteiger partial charge in [-0.3, -0.25) is 4.90 Å². The third kappa shape index (κ3) is 2.89. The topological polar surface area (TPSA) is 8.17 Å². The molecule has 3 aromatic rings. The molecule has 0 saturated carbocycles. The summed E-state index contributed by atoms with van der Waals surface area (Å²) in [6, 6.07) is 9.85. The number of hydrogen-bond donors (Lipinski definition) is 0. The van der Waals surface area contributed by atoms with Crippen molar-refractivity contribution in [1.82, 2.24) is 9.47 Å². The molecule has 1 unspecified atom stereocenters. The highest BCUT2D eigenvalue weighted by Gasteiger charge is 2.29. The first-order chi connectivity index (χ1) is 11.7. The predicted octanol–water partition coefficient (Wildman–Crippen LogP) is 4.82. The summed E-state index contributed by atoms with van der Waals surface area (Å²) in [7, 11) is 0. The normalized spacial score (nSPS) is 18.3. The van der Waals surface area contributed by atoms with E-state index in [0.29, 0.717) is 5.56 Å². The summed E-state index contributed by atoms with van der Waals surface area (Å²) < 4.78 is 30.1. The Balaban J connectivity index is 1.79. The van der Waals surface area contributed by atoms with Crippen LogP contribution in [0.1, 0.15) is 29.3 Å². The van der Waals surface area contributed by atoms with Crippen molar-refractivity contribution in [3.63, 3.8) is 0 Å². The van der Waals surface area contributed by atoms with E-state index in [1.54, 1.807) is 17.4 Å². The highest BCUT2D eigenvalue weighted by molar-refractivity contribution is 7.07. The van der Waals surface area contributed by atoms with Crippen LogP contribution in [0, 0.1) is 11.6 Å². The molecular weight excluding hydrogens is 326 g/mol. The van der Waals surface area contributed by atoms with Crippen molar-refractivity contribution in [2.45, 2.75) is 25.6 Å². The monoisotopic (exact) mass is 344 g/mol. The zero-order valence-corrected chi connectivity index (χ0v) is 14.0. The van der Waals surface area contributed by atoms with E-state index in [2.05, 4.69) is 26.3 Å². The molecule has 124 valence electrons. The average Bonchev–Trinajstić information content (AvgIpc) is 3.19. The smallest absolute Gasteiger partial charge is 0.131 e. The number of aromatic nitrogens is 1. The molecule has 3 heterocycles. The van der Waals surface area contributed by atoms with Gasteiger partial charge in [0.1, 0.15) is 11.6 Å². The summed E-state index contributed by atoms with van der Waals surface area (Å²) in [5.74, 6) is -1.02. The Morgan fingerprint density at radius 1 is 1.12 bits per heavy atom. The number of benzene rings is 1. The molecular formula is C19H18F2N2S. The standard InChI is InChI=1S/C19H18F2N2S/c20-15-4-5-16(17(21)11-15)19-18-3-1-7-22(18)8-2-9-23(19)12-14-6-10-24-13-14/h1,3-7,10-11,13,19H,2,8-9,12H2. The number of hydrogen-bond acceptors (Lipinski definition) is 2. The first-order valence-electron chi connectivity index (χ1n) is 8.07. The molecule has 0 radical (unpaired) electrons. The summed E-state index contributed by atoms with van der Waals surface area (Å²) in [5, 5.41) is 4.19. The second-order valence-electron chi connectivity index (χ2n) is 6.15. The Labute approximate surface area is 144 Å². The predicted molar refractivity (Wildman–Crippen MR) is 92.0 cm³/mol. The van der Waals surface area contributed by atoms with Gasteiger partial charge in [0.2, 0.25) is 0 Å². The third-order valence-electron chi connectivity index (χ3n) is 4.58. The van der Waals surface area contributed by atoms with Gasteiger partial charge in [0.15, 0.2) is 0 Å². The average molecular weight is 344 g/mol. The van der Waals surface area contributed by atoms with Crippen molar-refractivity contribution in [2.75, 3.05) is 6.54 Å². The lowest BCUT2D eigenvalue weighted by Crippen LogP contribution is -2.30. The van der Waals surface area contributed by atoms with Gasteiger partial charge in [-0.25, -0.2) is 8.78 Å². The molecule has 0 N–H and O–H groups in total. The minimum absolute atomic E-state index is 0.206. The highest BCUT2D eigenvalue weighted by Crippen LogP contribution is 2.34. The maximum Gasteiger partial charge on any atom is 0.131 e. The molecule has 2 nitrogen and oxygen atoms in total. The van der Waals surface area contributed by atoms with Crippen LogP contribution >= 0.6 is 11.3 Å². The summed E-state index contributed by atoms with van der Waals surface area (Å²) in [4.78, 5) is 2.29. The van der Waals surface area contributed by atoms with Crippen molar-refractivity contribution < 1.29 is 8.78 Å². The molecule has 1 aromatic carbocycles. The van der Waals surface area contributed by atoms with Gasteiger partial charge >= 0.3 is 0 Å². The molecule has 0 aliphatic carbocycles. The fraction of sp³-hybridized carbons (Fsp3) is 0.263. The highest BCUT2D eigenvalue weighted by atomic mass is 32.1. The number of halogens is 2. The van der Waals surface area contributed by atoms with Gasteiger partial charge in [0.25, 0.3) is 0 Å². The molecule has 0 saturated heterocycles. The lowest BCUT2D eigenvalue weighted by molar-refractivity contribution is 0.216. The van der Waals surface area contributed by atoms with Gasteiger partial charge in [0, 0.05) is 43.2 Å². The fourth-order valence-corrected chi connectivity index (χ4v) is 4.17. The lowest BCUT2D eigenvalue weighted by Gasteiger charge is -2.30. The molecule has 0 spiro atoms. The second-order valence-corrected chi connectivity index (χ2v) is 6.93. The number of nitrogens with zero attached hydrogens (tertiary/aromatic N) is 2. The van der Waals surface area contributed by atoms with Crippen LogP contribution in [0.25, 0.3) is 0 Å². The van der Waals surface area contributed by atoms with E-state index in [9.17, 15) is 8.78 Å². The Morgan fingerprint density at radius 2 is 2.04 bits per heavy atom. The van der Waals surface area contributed by atoms with Crippen molar-refractivity contribution in [3.8, 4) is 0 Å². The molecule has 24 heavy (non-hydrogen) atoms. The maximum atomic E-state index is 14.5. The van der Waals surface area contributed by atoms with Gasteiger partial charge in [0.05, 0.1) is 6.04 Å². The third-order valence-corrected chi connectivity index (χ3v) is 5.31. The van der Waals surface area contributed by atoms with Gasteiger partial charge in [-0.2, -0.15) is 11.3 Å². The molecule has 1 aliphatic rings. The Morgan fingerprint density at radius 3 is 2.83 bits per heavy atom. The maximum absolute atomic E-state index is 14.5. The van der Waals surface area contributed by atoms with Crippen molar-refractivity contribution >= 4 is 11.3 Å². The summed E-state index contributed by atoms with van der Waals surface area (Å²) in [6.45, 7) is 2.55. The van der Waals surface area contributed by atoms with Crippen LogP contribution in [0.2, 0.25) is 0 Å². The van der Waals surface area contributed by atoms with E-state index >= 15 is 0 Å². The van der Waals surface area contributed by atoms with Crippen molar-refractivity contribution in [2.24, 2.45) is 0 Å². The number of fused-ring (bicyclic) bond motifs is 1. The minimum Gasteiger partial charge on any atom is -0.350 e. The molecule has 0 fully saturated rings. The minimum atomic E-state index is -0.537. The largest absolute Gasteiger partial charge is 0.350 e. The fourth-order valence-electron chi connectivity index (χ4n) is 3.51. The molecule has 2 aromatic heterocycles. The Kier molecular flexibility index (Phi) is 4.21. The van der Waals surface area contributed by atoms with Gasteiger partial charge in [-0.15, -0.1) is 0 Å². The van der Waals surface area contributed by atoms with E-state index in [1.807, 2.05) is 18.3 Å². The summed E-state index contributed by atoms with van der Waals surface area (Å²) in [6.07, 6.45) is 3.04. The van der Waals surface area contributed by atoms with Crippen molar-refractivity contribution in [3.05, 3.63) is 81.8 Å². The van der Waals surface area contributed by atoms with Crippen LogP contribution in [0.4, 0.5) is 8.78 Å². The first kappa shape index (κ1) is 15.5. The van der Waals surface area contributed by atoms with Gasteiger partial charge in [-0.1, -0.05) is 6.07 Å². The molecule has 4 rings (SSSR count). The van der Waals surface area contributed by atoms with E-state index in [-0.39, 0.29) is 6.04 Å². The van der Waals surface area contributed by atoms with Crippen LogP contribution in [0.5, 0.6) is 0 Å². The van der Waals surface area contributed by atoms with Crippen LogP contribution in [-0.4, -0.2) is 16.0 Å². The van der Waals surface area contributed by atoms with Gasteiger partial charge in [-0.05, 0) is 47.0 Å². The lowest BCUT2D eigenvalue weighted by atomic mass is 10.0. The molecule has 0 bridgehead atoms. The van der Waals surface area contributed by atoms with Crippen molar-refractivity contribution in [1.29, 1.82) is 0 Å². The molecule has 5 heteroatoms. The zero-order valence-electron chi connectivity index (χ0n) is 13.2. The van der Waals surface area contributed by atoms with Crippen LogP contribution in [0.15, 0.2) is 53.4 Å². The molecule has 1 aliphatic heterocycles. The van der Waals surface area contributed by atoms with E-state index in [0.717, 1.165) is 37.8 Å². The van der Waals surface area contributed by atoms with E-state index in [4.69, 9.17) is 0 Å². The quantitative estimate of drug-likeness (QED) is 0.661. The van der Waals surface area contributed by atoms with Crippen LogP contribution in [0.3, 0.4) is 0 Å². The molecule has 1 atom stereocenters. The number of thiophene rings is 1. The zero-order chi connectivity index (χ0) is 16.5. The van der Waals surface area contributed by atoms with Crippen LogP contribution in [-0.2, 0) is 13.1 Å². The first-order valence-corrected chi connectivity index (χ1v) is 9.02. The number of aryl methyl sites for hydroxylation is 1. The summed E-state index contributed by atoms with van der Waals surface area (Å²) >= 11 is 1.67. The Hall–Kier alpha value is -1.98. The summed E-state index contributed by atoms with van der Waals surface area (Å²) in [5.41, 5.74) is 2.83. The van der Waals surface area contributed by atoms with E-state index in [1.165, 1.54) is 11.6 Å². The van der Waals surface area contributed by atoms with Crippen LogP contribution < -0.4 is 0 Å².